The number of benzene rings is 1. The Morgan fingerprint density at radius 3 is 2.64 bits per heavy atom. The molecule has 0 aromatic heterocycles. The topological polar surface area (TPSA) is 62.9 Å². The van der Waals surface area contributed by atoms with Gasteiger partial charge in [-0.25, -0.2) is 0 Å². The summed E-state index contributed by atoms with van der Waals surface area (Å²) in [4.78, 5) is 7.02. The predicted molar refractivity (Wildman–Crippen MR) is 91.3 cm³/mol. The van der Waals surface area contributed by atoms with E-state index in [0.29, 0.717) is 18.5 Å². The molecule has 0 radical (unpaired) electrons. The second kappa shape index (κ2) is 8.03. The van der Waals surface area contributed by atoms with Crippen LogP contribution in [-0.4, -0.2) is 43.6 Å². The summed E-state index contributed by atoms with van der Waals surface area (Å²) in [7, 11) is 1.72. The Kier molecular flexibility index (Phi) is 6.07. The molecule has 1 aromatic carbocycles. The summed E-state index contributed by atoms with van der Waals surface area (Å²) in [5.74, 6) is 1.43. The minimum Gasteiger partial charge on any atom is -0.496 e. The van der Waals surface area contributed by atoms with Gasteiger partial charge in [0.2, 0.25) is 0 Å². The van der Waals surface area contributed by atoms with Crippen molar-refractivity contribution in [2.75, 3.05) is 26.7 Å². The second-order valence-corrected chi connectivity index (χ2v) is 6.03. The number of rotatable bonds is 6. The van der Waals surface area contributed by atoms with Crippen molar-refractivity contribution in [2.45, 2.75) is 38.8 Å². The first-order chi connectivity index (χ1) is 10.6. The quantitative estimate of drug-likeness (QED) is 0.624. The number of likely N-dealkylation sites (tertiary alicyclic amines) is 1. The molecule has 1 unspecified atom stereocenters. The van der Waals surface area contributed by atoms with Gasteiger partial charge in [-0.2, -0.15) is 0 Å². The van der Waals surface area contributed by atoms with Gasteiger partial charge in [0.05, 0.1) is 19.7 Å². The molecule has 1 aliphatic rings. The van der Waals surface area contributed by atoms with Gasteiger partial charge in [-0.1, -0.05) is 18.2 Å². The normalized spacial score (nSPS) is 17.7. The largest absolute Gasteiger partial charge is 0.496 e. The molecule has 1 heterocycles. The Bertz CT molecular complexity index is 495. The Morgan fingerprint density at radius 2 is 2.00 bits per heavy atom. The number of nitrogens with zero attached hydrogens (tertiary/aromatic N) is 2. The Labute approximate surface area is 133 Å². The average molecular weight is 304 g/mol. The van der Waals surface area contributed by atoms with Crippen molar-refractivity contribution in [2.24, 2.45) is 10.7 Å². The van der Waals surface area contributed by atoms with Gasteiger partial charge < -0.3 is 15.8 Å². The molecular formula is C17H28N4O. The molecular weight excluding hydrogens is 276 g/mol. The number of hydrogen-bond donors (Lipinski definition) is 2. The highest BCUT2D eigenvalue weighted by atomic mass is 16.5. The molecule has 1 saturated heterocycles. The van der Waals surface area contributed by atoms with Crippen molar-refractivity contribution in [1.29, 1.82) is 0 Å². The van der Waals surface area contributed by atoms with Gasteiger partial charge in [0, 0.05) is 11.6 Å². The van der Waals surface area contributed by atoms with E-state index in [1.807, 2.05) is 12.1 Å². The Morgan fingerprint density at radius 1 is 1.32 bits per heavy atom. The highest BCUT2D eigenvalue weighted by molar-refractivity contribution is 5.78. The van der Waals surface area contributed by atoms with Crippen molar-refractivity contribution in [3.63, 3.8) is 0 Å². The molecule has 1 atom stereocenters. The zero-order chi connectivity index (χ0) is 15.9. The molecule has 22 heavy (non-hydrogen) atoms. The summed E-state index contributed by atoms with van der Waals surface area (Å²) < 4.78 is 5.54. The van der Waals surface area contributed by atoms with E-state index in [-0.39, 0.29) is 6.04 Å². The first-order valence-corrected chi connectivity index (χ1v) is 8.05. The third-order valence-corrected chi connectivity index (χ3v) is 3.95. The number of aliphatic imine (C=N–C) groups is 1. The van der Waals surface area contributed by atoms with Crippen LogP contribution in [-0.2, 0) is 0 Å². The molecule has 122 valence electrons. The number of ether oxygens (including phenoxy) is 1. The van der Waals surface area contributed by atoms with Crippen LogP contribution in [0.15, 0.2) is 29.3 Å². The van der Waals surface area contributed by atoms with E-state index in [9.17, 15) is 0 Å². The summed E-state index contributed by atoms with van der Waals surface area (Å²) in [5, 5.41) is 3.15. The van der Waals surface area contributed by atoms with Crippen molar-refractivity contribution in [3.8, 4) is 5.75 Å². The van der Waals surface area contributed by atoms with Crippen LogP contribution in [0.5, 0.6) is 5.75 Å². The minimum atomic E-state index is 0.214. The van der Waals surface area contributed by atoms with Crippen molar-refractivity contribution in [3.05, 3.63) is 29.8 Å². The fourth-order valence-corrected chi connectivity index (χ4v) is 2.93. The first-order valence-electron chi connectivity index (χ1n) is 8.05. The lowest BCUT2D eigenvalue weighted by Crippen LogP contribution is -2.38. The van der Waals surface area contributed by atoms with Gasteiger partial charge in [-0.15, -0.1) is 0 Å². The maximum Gasteiger partial charge on any atom is 0.188 e. The molecule has 2 rings (SSSR count). The molecule has 0 bridgehead atoms. The van der Waals surface area contributed by atoms with E-state index in [0.717, 1.165) is 18.8 Å². The SMILES string of the molecule is COc1ccccc1C(CN=C(N)NC(C)C)N1CCCC1. The number of nitrogens with two attached hydrogens (primary N) is 1. The first kappa shape index (κ1) is 16.6. The summed E-state index contributed by atoms with van der Waals surface area (Å²) >= 11 is 0. The average Bonchev–Trinajstić information content (AvgIpc) is 3.01. The van der Waals surface area contributed by atoms with Crippen LogP contribution in [0.25, 0.3) is 0 Å². The number of hydrogen-bond acceptors (Lipinski definition) is 3. The van der Waals surface area contributed by atoms with E-state index in [1.54, 1.807) is 7.11 Å². The van der Waals surface area contributed by atoms with E-state index >= 15 is 0 Å². The lowest BCUT2D eigenvalue weighted by Gasteiger charge is -2.28. The molecule has 0 aliphatic carbocycles. The highest BCUT2D eigenvalue weighted by Gasteiger charge is 2.25. The van der Waals surface area contributed by atoms with Gasteiger partial charge in [0.1, 0.15) is 5.75 Å². The standard InChI is InChI=1S/C17H28N4O/c1-13(2)20-17(18)19-12-15(21-10-6-7-11-21)14-8-4-5-9-16(14)22-3/h4-5,8-9,13,15H,6-7,10-12H2,1-3H3,(H3,18,19,20). The molecule has 0 spiro atoms. The lowest BCUT2D eigenvalue weighted by molar-refractivity contribution is 0.245. The summed E-state index contributed by atoms with van der Waals surface area (Å²) in [6.07, 6.45) is 2.49. The number of nitrogens with one attached hydrogen (secondary N) is 1. The third kappa shape index (κ3) is 4.37. The van der Waals surface area contributed by atoms with Gasteiger partial charge in [0.15, 0.2) is 5.96 Å². The molecule has 0 amide bonds. The summed E-state index contributed by atoms with van der Waals surface area (Å²) in [6, 6.07) is 8.70. The predicted octanol–water partition coefficient (Wildman–Crippen LogP) is 2.14. The van der Waals surface area contributed by atoms with E-state index < -0.39 is 0 Å². The second-order valence-electron chi connectivity index (χ2n) is 6.03. The maximum atomic E-state index is 5.96. The van der Waals surface area contributed by atoms with E-state index in [4.69, 9.17) is 10.5 Å². The van der Waals surface area contributed by atoms with Crippen LogP contribution < -0.4 is 15.8 Å². The third-order valence-electron chi connectivity index (χ3n) is 3.95. The highest BCUT2D eigenvalue weighted by Crippen LogP contribution is 2.31. The van der Waals surface area contributed by atoms with Crippen molar-refractivity contribution >= 4 is 5.96 Å². The van der Waals surface area contributed by atoms with Crippen LogP contribution in [0, 0.1) is 0 Å². The van der Waals surface area contributed by atoms with E-state index in [2.05, 4.69) is 41.2 Å². The smallest absolute Gasteiger partial charge is 0.188 e. The van der Waals surface area contributed by atoms with Crippen molar-refractivity contribution < 1.29 is 4.74 Å². The van der Waals surface area contributed by atoms with Crippen LogP contribution in [0.2, 0.25) is 0 Å². The van der Waals surface area contributed by atoms with Gasteiger partial charge >= 0.3 is 0 Å². The molecule has 5 nitrogen and oxygen atoms in total. The Balaban J connectivity index is 2.19. The van der Waals surface area contributed by atoms with Crippen molar-refractivity contribution in [1.82, 2.24) is 10.2 Å². The molecule has 3 N–H and O–H groups in total. The zero-order valence-corrected chi connectivity index (χ0v) is 13.9. The summed E-state index contributed by atoms with van der Waals surface area (Å²) in [6.45, 7) is 6.97. The van der Waals surface area contributed by atoms with Gasteiger partial charge in [0.25, 0.3) is 0 Å². The maximum absolute atomic E-state index is 5.96. The minimum absolute atomic E-state index is 0.214. The number of methoxy groups -OCH3 is 1. The molecule has 0 saturated carbocycles. The molecule has 1 aliphatic heterocycles. The van der Waals surface area contributed by atoms with Crippen LogP contribution in [0.3, 0.4) is 0 Å². The van der Waals surface area contributed by atoms with Crippen LogP contribution in [0.4, 0.5) is 0 Å². The summed E-state index contributed by atoms with van der Waals surface area (Å²) in [5.41, 5.74) is 7.15. The fraction of sp³-hybridized carbons (Fsp3) is 0.588. The van der Waals surface area contributed by atoms with Gasteiger partial charge in [-0.3, -0.25) is 9.89 Å². The molecule has 5 heteroatoms. The van der Waals surface area contributed by atoms with E-state index in [1.165, 1.54) is 18.4 Å². The monoisotopic (exact) mass is 304 g/mol. The zero-order valence-electron chi connectivity index (χ0n) is 13.9. The Hall–Kier alpha value is -1.75. The van der Waals surface area contributed by atoms with Gasteiger partial charge in [-0.05, 0) is 45.8 Å². The molecule has 1 aromatic rings. The number of para-hydroxylation sites is 1. The number of guanidine groups is 1. The lowest BCUT2D eigenvalue weighted by atomic mass is 10.0. The van der Waals surface area contributed by atoms with Crippen LogP contribution >= 0.6 is 0 Å². The molecule has 1 fully saturated rings. The van der Waals surface area contributed by atoms with Crippen LogP contribution in [0.1, 0.15) is 38.3 Å². The fourth-order valence-electron chi connectivity index (χ4n) is 2.93.